The number of imidazole rings is 1. The Morgan fingerprint density at radius 2 is 2.03 bits per heavy atom. The number of amides is 1. The Morgan fingerprint density at radius 1 is 1.24 bits per heavy atom. The summed E-state index contributed by atoms with van der Waals surface area (Å²) in [5.41, 5.74) is 3.18. The van der Waals surface area contributed by atoms with E-state index in [0.717, 1.165) is 54.0 Å². The molecule has 0 spiro atoms. The quantitative estimate of drug-likeness (QED) is 0.558. The third-order valence-electron chi connectivity index (χ3n) is 5.55. The Bertz CT molecular complexity index is 1020. The van der Waals surface area contributed by atoms with Crippen LogP contribution in [-0.2, 0) is 17.8 Å². The van der Waals surface area contributed by atoms with E-state index in [2.05, 4.69) is 23.3 Å². The molecule has 0 saturated carbocycles. The van der Waals surface area contributed by atoms with Gasteiger partial charge in [-0.2, -0.15) is 0 Å². The molecule has 1 amide bonds. The number of ether oxygens (including phenoxy) is 1. The van der Waals surface area contributed by atoms with Gasteiger partial charge in [0.05, 0.1) is 23.6 Å². The fraction of sp³-hybridized carbons (Fsp3) is 0.333. The van der Waals surface area contributed by atoms with Crippen LogP contribution in [0, 0.1) is 0 Å². The minimum atomic E-state index is 0.0351. The second kappa shape index (κ2) is 8.52. The van der Waals surface area contributed by atoms with Gasteiger partial charge in [-0.3, -0.25) is 4.79 Å². The molecule has 1 atom stereocenters. The number of hydrogen-bond donors (Lipinski definition) is 0. The Labute approximate surface area is 171 Å². The summed E-state index contributed by atoms with van der Waals surface area (Å²) in [5.74, 6) is 1.96. The summed E-state index contributed by atoms with van der Waals surface area (Å²) in [6.07, 6.45) is 4.63. The number of hydrogen-bond acceptors (Lipinski definition) is 3. The van der Waals surface area contributed by atoms with Crippen LogP contribution in [0.15, 0.2) is 61.2 Å². The molecule has 0 aliphatic carbocycles. The molecule has 3 aromatic rings. The molecule has 1 aromatic heterocycles. The topological polar surface area (TPSA) is 47.4 Å². The van der Waals surface area contributed by atoms with Crippen molar-refractivity contribution in [2.75, 3.05) is 13.2 Å². The number of benzene rings is 2. The molecule has 5 nitrogen and oxygen atoms in total. The maximum atomic E-state index is 12.1. The van der Waals surface area contributed by atoms with Crippen molar-refractivity contribution in [3.05, 3.63) is 72.6 Å². The van der Waals surface area contributed by atoms with Crippen molar-refractivity contribution in [2.45, 2.75) is 38.8 Å². The van der Waals surface area contributed by atoms with E-state index in [1.165, 1.54) is 0 Å². The lowest BCUT2D eigenvalue weighted by Crippen LogP contribution is -2.30. The molecular formula is C24H27N3O2. The van der Waals surface area contributed by atoms with E-state index in [1.807, 2.05) is 47.4 Å². The van der Waals surface area contributed by atoms with Crippen molar-refractivity contribution >= 4 is 16.9 Å². The van der Waals surface area contributed by atoms with Crippen LogP contribution in [0.4, 0.5) is 0 Å². The van der Waals surface area contributed by atoms with Gasteiger partial charge in [-0.25, -0.2) is 4.98 Å². The van der Waals surface area contributed by atoms with Crippen LogP contribution < -0.4 is 4.74 Å². The lowest BCUT2D eigenvalue weighted by molar-refractivity contribution is -0.129. The molecule has 150 valence electrons. The van der Waals surface area contributed by atoms with Crippen LogP contribution in [0.5, 0.6) is 5.75 Å². The zero-order valence-electron chi connectivity index (χ0n) is 16.9. The number of likely N-dealkylation sites (tertiary alicyclic amines) is 1. The fourth-order valence-electron chi connectivity index (χ4n) is 4.21. The largest absolute Gasteiger partial charge is 0.491 e. The Kier molecular flexibility index (Phi) is 5.65. The molecule has 5 heteroatoms. The maximum Gasteiger partial charge on any atom is 0.220 e. The Balaban J connectivity index is 1.60. The molecule has 29 heavy (non-hydrogen) atoms. The van der Waals surface area contributed by atoms with Gasteiger partial charge in [-0.05, 0) is 43.0 Å². The number of fused-ring (bicyclic) bond motifs is 1. The molecule has 1 fully saturated rings. The molecule has 4 rings (SSSR count). The van der Waals surface area contributed by atoms with E-state index in [1.54, 1.807) is 6.92 Å². The van der Waals surface area contributed by atoms with E-state index in [0.29, 0.717) is 13.2 Å². The number of para-hydroxylation sites is 3. The van der Waals surface area contributed by atoms with Gasteiger partial charge in [-0.1, -0.05) is 36.4 Å². The van der Waals surface area contributed by atoms with Crippen LogP contribution in [-0.4, -0.2) is 33.5 Å². The lowest BCUT2D eigenvalue weighted by atomic mass is 10.1. The summed E-state index contributed by atoms with van der Waals surface area (Å²) in [4.78, 5) is 19.0. The van der Waals surface area contributed by atoms with Crippen molar-refractivity contribution < 1.29 is 9.53 Å². The molecule has 0 bridgehead atoms. The second-order valence-corrected chi connectivity index (χ2v) is 7.43. The van der Waals surface area contributed by atoms with Crippen molar-refractivity contribution in [3.63, 3.8) is 0 Å². The smallest absolute Gasteiger partial charge is 0.220 e. The first-order valence-corrected chi connectivity index (χ1v) is 10.2. The van der Waals surface area contributed by atoms with Gasteiger partial charge in [0.25, 0.3) is 0 Å². The van der Waals surface area contributed by atoms with Gasteiger partial charge in [-0.15, -0.1) is 6.58 Å². The lowest BCUT2D eigenvalue weighted by Gasteiger charge is -2.24. The standard InChI is InChI=1S/C24H27N3O2/c1-3-9-19-10-4-7-14-23(19)29-17-16-27-21-12-6-5-11-20(21)25-24(27)22-13-8-15-26(22)18(2)28/h3-7,10-12,14,22H,1,8-9,13,15-17H2,2H3. The predicted octanol–water partition coefficient (Wildman–Crippen LogP) is 4.53. The average molecular weight is 389 g/mol. The van der Waals surface area contributed by atoms with E-state index in [-0.39, 0.29) is 11.9 Å². The van der Waals surface area contributed by atoms with Gasteiger partial charge in [0.1, 0.15) is 18.2 Å². The second-order valence-electron chi connectivity index (χ2n) is 7.43. The van der Waals surface area contributed by atoms with Gasteiger partial charge < -0.3 is 14.2 Å². The molecule has 1 unspecified atom stereocenters. The minimum Gasteiger partial charge on any atom is -0.491 e. The number of allylic oxidation sites excluding steroid dienone is 1. The third kappa shape index (κ3) is 3.90. The Hall–Kier alpha value is -3.08. The minimum absolute atomic E-state index is 0.0351. The van der Waals surface area contributed by atoms with Crippen LogP contribution in [0.25, 0.3) is 11.0 Å². The third-order valence-corrected chi connectivity index (χ3v) is 5.55. The van der Waals surface area contributed by atoms with Crippen molar-refractivity contribution in [1.29, 1.82) is 0 Å². The summed E-state index contributed by atoms with van der Waals surface area (Å²) < 4.78 is 8.35. The van der Waals surface area contributed by atoms with Crippen LogP contribution >= 0.6 is 0 Å². The molecule has 0 N–H and O–H groups in total. The zero-order chi connectivity index (χ0) is 20.2. The first kappa shape index (κ1) is 19.2. The summed E-state index contributed by atoms with van der Waals surface area (Å²) in [6.45, 7) is 7.49. The summed E-state index contributed by atoms with van der Waals surface area (Å²) in [7, 11) is 0. The highest BCUT2D eigenvalue weighted by Gasteiger charge is 2.32. The molecule has 1 saturated heterocycles. The molecule has 2 aromatic carbocycles. The number of rotatable bonds is 7. The Morgan fingerprint density at radius 3 is 2.86 bits per heavy atom. The summed E-state index contributed by atoms with van der Waals surface area (Å²) in [6, 6.07) is 16.3. The predicted molar refractivity (Wildman–Crippen MR) is 115 cm³/mol. The fourth-order valence-corrected chi connectivity index (χ4v) is 4.21. The van der Waals surface area contributed by atoms with Crippen LogP contribution in [0.3, 0.4) is 0 Å². The summed E-state index contributed by atoms with van der Waals surface area (Å²) in [5, 5.41) is 0. The highest BCUT2D eigenvalue weighted by molar-refractivity contribution is 5.77. The molecule has 1 aliphatic heterocycles. The van der Waals surface area contributed by atoms with Crippen LogP contribution in [0.2, 0.25) is 0 Å². The first-order chi connectivity index (χ1) is 14.2. The molecule has 1 aliphatic rings. The maximum absolute atomic E-state index is 12.1. The average Bonchev–Trinajstić information content (AvgIpc) is 3.34. The van der Waals surface area contributed by atoms with Crippen molar-refractivity contribution in [3.8, 4) is 5.75 Å². The number of nitrogens with zero attached hydrogens (tertiary/aromatic N) is 3. The van der Waals surface area contributed by atoms with Gasteiger partial charge in [0, 0.05) is 13.5 Å². The molecule has 2 heterocycles. The van der Waals surface area contributed by atoms with E-state index in [4.69, 9.17) is 9.72 Å². The monoisotopic (exact) mass is 389 g/mol. The van der Waals surface area contributed by atoms with E-state index in [9.17, 15) is 4.79 Å². The van der Waals surface area contributed by atoms with E-state index >= 15 is 0 Å². The number of carbonyl (C=O) groups is 1. The normalized spacial score (nSPS) is 16.3. The van der Waals surface area contributed by atoms with E-state index < -0.39 is 0 Å². The molecular weight excluding hydrogens is 362 g/mol. The van der Waals surface area contributed by atoms with Crippen molar-refractivity contribution in [2.24, 2.45) is 0 Å². The number of aromatic nitrogens is 2. The molecule has 0 radical (unpaired) electrons. The van der Waals surface area contributed by atoms with Gasteiger partial charge in [0.15, 0.2) is 0 Å². The number of carbonyl (C=O) groups excluding carboxylic acids is 1. The highest BCUT2D eigenvalue weighted by atomic mass is 16.5. The highest BCUT2D eigenvalue weighted by Crippen LogP contribution is 2.33. The first-order valence-electron chi connectivity index (χ1n) is 10.2. The van der Waals surface area contributed by atoms with Crippen molar-refractivity contribution in [1.82, 2.24) is 14.5 Å². The zero-order valence-corrected chi connectivity index (χ0v) is 16.9. The van der Waals surface area contributed by atoms with Gasteiger partial charge >= 0.3 is 0 Å². The van der Waals surface area contributed by atoms with Crippen LogP contribution in [0.1, 0.15) is 37.2 Å². The SMILES string of the molecule is C=CCc1ccccc1OCCn1c(C2CCCN2C(C)=O)nc2ccccc21. The summed E-state index contributed by atoms with van der Waals surface area (Å²) >= 11 is 0. The van der Waals surface area contributed by atoms with Gasteiger partial charge in [0.2, 0.25) is 5.91 Å².